The fourth-order valence-electron chi connectivity index (χ4n) is 1.68. The van der Waals surface area contributed by atoms with Gasteiger partial charge in [0.15, 0.2) is 5.75 Å². The monoisotopic (exact) mass is 409 g/mol. The third kappa shape index (κ3) is 4.57. The molecule has 2 aromatic rings. The molecule has 112 valence electrons. The molecule has 0 bridgehead atoms. The van der Waals surface area contributed by atoms with Gasteiger partial charge in [-0.25, -0.2) is 8.42 Å². The lowest BCUT2D eigenvalue weighted by molar-refractivity contribution is 0.314. The summed E-state index contributed by atoms with van der Waals surface area (Å²) in [6.45, 7) is 0.269. The lowest BCUT2D eigenvalue weighted by atomic mass is 10.2. The molecule has 4 nitrogen and oxygen atoms in total. The van der Waals surface area contributed by atoms with Crippen LogP contribution in [0.4, 0.5) is 0 Å². The van der Waals surface area contributed by atoms with Crippen LogP contribution in [0.5, 0.6) is 5.75 Å². The van der Waals surface area contributed by atoms with Crippen LogP contribution in [0.15, 0.2) is 46.0 Å². The summed E-state index contributed by atoms with van der Waals surface area (Å²) in [5.41, 5.74) is 1.02. The molecule has 0 saturated heterocycles. The predicted molar refractivity (Wildman–Crippen MR) is 85.6 cm³/mol. The van der Waals surface area contributed by atoms with Crippen LogP contribution in [0, 0.1) is 0 Å². The van der Waals surface area contributed by atoms with E-state index in [2.05, 4.69) is 20.9 Å². The lowest BCUT2D eigenvalue weighted by Gasteiger charge is -2.12. The highest BCUT2D eigenvalue weighted by molar-refractivity contribution is 9.10. The third-order valence-corrected chi connectivity index (χ3v) is 4.69. The highest BCUT2D eigenvalue weighted by Crippen LogP contribution is 2.37. The van der Waals surface area contributed by atoms with E-state index in [1.54, 1.807) is 18.5 Å². The van der Waals surface area contributed by atoms with Crippen molar-refractivity contribution in [2.24, 2.45) is 0 Å². The second-order valence-corrected chi connectivity index (χ2v) is 7.96. The summed E-state index contributed by atoms with van der Waals surface area (Å²) < 4.78 is 29.2. The molecule has 1 heterocycles. The zero-order chi connectivity index (χ0) is 15.5. The van der Waals surface area contributed by atoms with Crippen LogP contribution >= 0.6 is 38.2 Å². The summed E-state index contributed by atoms with van der Waals surface area (Å²) in [5.74, 6) is 0.0592. The summed E-state index contributed by atoms with van der Waals surface area (Å²) in [5, 5.41) is 0.179. The Morgan fingerprint density at radius 2 is 1.90 bits per heavy atom. The molecule has 0 spiro atoms. The van der Waals surface area contributed by atoms with Crippen LogP contribution in [0.25, 0.3) is 0 Å². The van der Waals surface area contributed by atoms with E-state index in [0.717, 1.165) is 5.56 Å². The first-order valence-electron chi connectivity index (χ1n) is 5.83. The average molecular weight is 411 g/mol. The molecular weight excluding hydrogens is 401 g/mol. The molecule has 0 N–H and O–H groups in total. The number of pyridine rings is 1. The fourth-order valence-corrected chi connectivity index (χ4v) is 3.75. The Hall–Kier alpha value is -0.820. The van der Waals surface area contributed by atoms with Gasteiger partial charge in [0.2, 0.25) is 0 Å². The van der Waals surface area contributed by atoms with E-state index in [9.17, 15) is 8.42 Å². The minimum absolute atomic E-state index is 0.0592. The quantitative estimate of drug-likeness (QED) is 0.697. The van der Waals surface area contributed by atoms with Gasteiger partial charge in [0.25, 0.3) is 9.05 Å². The van der Waals surface area contributed by atoms with Gasteiger partial charge < -0.3 is 4.74 Å². The Bertz CT molecular complexity index is 739. The molecule has 2 rings (SSSR count). The second-order valence-electron chi connectivity index (χ2n) is 4.11. The first-order valence-corrected chi connectivity index (χ1v) is 9.31. The van der Waals surface area contributed by atoms with E-state index >= 15 is 0 Å². The Labute approximate surface area is 140 Å². The zero-order valence-corrected chi connectivity index (χ0v) is 14.5. The van der Waals surface area contributed by atoms with Gasteiger partial charge in [0.05, 0.1) is 11.6 Å². The van der Waals surface area contributed by atoms with Crippen molar-refractivity contribution >= 4 is 47.3 Å². The molecule has 0 aliphatic heterocycles. The molecule has 1 aromatic carbocycles. The molecule has 0 aliphatic carbocycles. The maximum Gasteiger partial charge on any atom is 0.265 e. The molecule has 0 fully saturated rings. The van der Waals surface area contributed by atoms with Crippen LogP contribution in [0.1, 0.15) is 5.56 Å². The van der Waals surface area contributed by atoms with Crippen LogP contribution in [0.3, 0.4) is 0 Å². The van der Waals surface area contributed by atoms with Gasteiger partial charge in [-0.15, -0.1) is 0 Å². The summed E-state index contributed by atoms with van der Waals surface area (Å²) in [6.07, 6.45) is 3.95. The topological polar surface area (TPSA) is 56.3 Å². The molecule has 1 aromatic heterocycles. The summed E-state index contributed by atoms with van der Waals surface area (Å²) >= 11 is 9.21. The number of rotatable bonds is 5. The van der Waals surface area contributed by atoms with E-state index < -0.39 is 9.05 Å². The Morgan fingerprint density at radius 3 is 2.52 bits per heavy atom. The number of nitrogens with zero attached hydrogens (tertiary/aromatic N) is 1. The molecule has 0 saturated carbocycles. The van der Waals surface area contributed by atoms with Gasteiger partial charge in [0.1, 0.15) is 4.90 Å². The lowest BCUT2D eigenvalue weighted by Crippen LogP contribution is -2.05. The summed E-state index contributed by atoms with van der Waals surface area (Å²) in [7, 11) is 1.46. The van der Waals surface area contributed by atoms with Gasteiger partial charge in [-0.1, -0.05) is 27.5 Å². The van der Waals surface area contributed by atoms with Gasteiger partial charge in [0, 0.05) is 34.0 Å². The van der Waals surface area contributed by atoms with E-state index in [1.807, 2.05) is 12.1 Å². The van der Waals surface area contributed by atoms with Gasteiger partial charge in [-0.2, -0.15) is 0 Å². The van der Waals surface area contributed by atoms with Crippen molar-refractivity contribution in [1.29, 1.82) is 0 Å². The number of hydrogen-bond acceptors (Lipinski definition) is 4. The highest BCUT2D eigenvalue weighted by Gasteiger charge is 2.21. The van der Waals surface area contributed by atoms with E-state index in [-0.39, 0.29) is 22.3 Å². The smallest absolute Gasteiger partial charge is 0.265 e. The van der Waals surface area contributed by atoms with E-state index in [0.29, 0.717) is 10.9 Å². The number of benzene rings is 1. The van der Waals surface area contributed by atoms with Crippen molar-refractivity contribution in [3.63, 3.8) is 0 Å². The van der Waals surface area contributed by atoms with Crippen molar-refractivity contribution in [1.82, 2.24) is 4.98 Å². The first-order chi connectivity index (χ1) is 9.88. The maximum atomic E-state index is 11.6. The number of ether oxygens (including phenoxy) is 1. The van der Waals surface area contributed by atoms with Crippen molar-refractivity contribution in [2.45, 2.75) is 11.3 Å². The van der Waals surface area contributed by atoms with Crippen molar-refractivity contribution in [3.8, 4) is 5.75 Å². The van der Waals surface area contributed by atoms with Gasteiger partial charge in [-0.05, 0) is 29.8 Å². The van der Waals surface area contributed by atoms with Gasteiger partial charge in [-0.3, -0.25) is 4.98 Å². The number of halogens is 3. The molecular formula is C13H10BrCl2NO3S. The predicted octanol–water partition coefficient (Wildman–Crippen LogP) is 4.05. The van der Waals surface area contributed by atoms with Gasteiger partial charge >= 0.3 is 0 Å². The van der Waals surface area contributed by atoms with E-state index in [1.165, 1.54) is 6.07 Å². The number of aromatic nitrogens is 1. The molecule has 8 heteroatoms. The van der Waals surface area contributed by atoms with Crippen LogP contribution in [-0.4, -0.2) is 20.0 Å². The van der Waals surface area contributed by atoms with Crippen LogP contribution in [-0.2, 0) is 15.5 Å². The summed E-state index contributed by atoms with van der Waals surface area (Å²) in [4.78, 5) is 3.76. The molecule has 0 atom stereocenters. The minimum atomic E-state index is -3.95. The fraction of sp³-hybridized carbons (Fsp3) is 0.154. The standard InChI is InChI=1S/C13H10BrCl2NO3S/c14-10-7-11(15)13(12(8-10)21(16,18)19)20-6-3-9-1-4-17-5-2-9/h1-2,4-5,7-8H,3,6H2. The van der Waals surface area contributed by atoms with E-state index in [4.69, 9.17) is 27.0 Å². The molecule has 21 heavy (non-hydrogen) atoms. The highest BCUT2D eigenvalue weighted by atomic mass is 79.9. The Morgan fingerprint density at radius 1 is 1.24 bits per heavy atom. The molecule has 0 unspecified atom stereocenters. The largest absolute Gasteiger partial charge is 0.490 e. The third-order valence-electron chi connectivity index (χ3n) is 2.62. The SMILES string of the molecule is O=S(=O)(Cl)c1cc(Br)cc(Cl)c1OCCc1ccncc1. The Kier molecular flexibility index (Phi) is 5.48. The normalized spacial score (nSPS) is 11.4. The average Bonchev–Trinajstić information content (AvgIpc) is 2.41. The van der Waals surface area contributed by atoms with Crippen LogP contribution in [0.2, 0.25) is 5.02 Å². The second kappa shape index (κ2) is 6.96. The summed E-state index contributed by atoms with van der Waals surface area (Å²) in [6, 6.07) is 6.61. The van der Waals surface area contributed by atoms with Crippen molar-refractivity contribution in [3.05, 3.63) is 51.7 Å². The maximum absolute atomic E-state index is 11.6. The zero-order valence-electron chi connectivity index (χ0n) is 10.6. The first kappa shape index (κ1) is 16.5. The van der Waals surface area contributed by atoms with Crippen LogP contribution < -0.4 is 4.74 Å². The van der Waals surface area contributed by atoms with Crippen molar-refractivity contribution < 1.29 is 13.2 Å². The minimum Gasteiger partial charge on any atom is -0.490 e. The van der Waals surface area contributed by atoms with Crippen molar-refractivity contribution in [2.75, 3.05) is 6.61 Å². The number of hydrogen-bond donors (Lipinski definition) is 0. The molecule has 0 aliphatic rings. The molecule has 0 amide bonds. The Balaban J connectivity index is 2.20. The molecule has 0 radical (unpaired) electrons.